The molecule has 0 N–H and O–H groups in total. The Bertz CT molecular complexity index is 663. The maximum absolute atomic E-state index is 6.24. The van der Waals surface area contributed by atoms with Gasteiger partial charge in [-0.2, -0.15) is 0 Å². The van der Waals surface area contributed by atoms with Gasteiger partial charge in [0.1, 0.15) is 0 Å². The topological polar surface area (TPSA) is 54.6 Å². The number of nitrogens with zero attached hydrogens (tertiary/aromatic N) is 4. The van der Waals surface area contributed by atoms with Crippen molar-refractivity contribution in [1.82, 2.24) is 14.9 Å². The predicted octanol–water partition coefficient (Wildman–Crippen LogP) is 2.50. The highest BCUT2D eigenvalue weighted by molar-refractivity contribution is 5.31. The van der Waals surface area contributed by atoms with E-state index in [2.05, 4.69) is 26.7 Å². The van der Waals surface area contributed by atoms with Crippen LogP contribution in [-0.4, -0.2) is 53.3 Å². The van der Waals surface area contributed by atoms with Gasteiger partial charge in [0.2, 0.25) is 5.95 Å². The summed E-state index contributed by atoms with van der Waals surface area (Å²) < 4.78 is 11.4. The van der Waals surface area contributed by atoms with E-state index in [-0.39, 0.29) is 5.60 Å². The molecule has 0 amide bonds. The summed E-state index contributed by atoms with van der Waals surface area (Å²) in [6, 6.07) is 2.04. The molecule has 1 spiro atoms. The summed E-state index contributed by atoms with van der Waals surface area (Å²) >= 11 is 0. The van der Waals surface area contributed by atoms with Crippen molar-refractivity contribution in [3.63, 3.8) is 0 Å². The zero-order valence-corrected chi connectivity index (χ0v) is 14.9. The molecule has 0 aromatic carbocycles. The molecule has 2 aliphatic rings. The van der Waals surface area contributed by atoms with E-state index < -0.39 is 0 Å². The van der Waals surface area contributed by atoms with Crippen molar-refractivity contribution in [3.05, 3.63) is 42.1 Å². The standard InChI is InChI=1S/C19H26N4O2/c1-2-16-11-20-18(21-12-16)23-6-4-19(5-7-23)15-22(8-10-25-19)13-17-3-9-24-14-17/h3,9,11-12,14H,2,4-8,10,13,15H2,1H3. The van der Waals surface area contributed by atoms with E-state index in [0.29, 0.717) is 0 Å². The van der Waals surface area contributed by atoms with Gasteiger partial charge in [0, 0.05) is 50.7 Å². The fourth-order valence-electron chi connectivity index (χ4n) is 3.81. The average molecular weight is 342 g/mol. The molecule has 0 saturated carbocycles. The van der Waals surface area contributed by atoms with Crippen molar-refractivity contribution in [2.75, 3.05) is 37.7 Å². The number of aromatic nitrogens is 2. The smallest absolute Gasteiger partial charge is 0.225 e. The van der Waals surface area contributed by atoms with Crippen LogP contribution in [0.2, 0.25) is 0 Å². The third-order valence-corrected chi connectivity index (χ3v) is 5.37. The molecule has 2 saturated heterocycles. The summed E-state index contributed by atoms with van der Waals surface area (Å²) in [6.45, 7) is 7.74. The molecule has 2 fully saturated rings. The lowest BCUT2D eigenvalue weighted by molar-refractivity contribution is -0.122. The third kappa shape index (κ3) is 3.70. The number of aryl methyl sites for hydroxylation is 1. The Kier molecular flexibility index (Phi) is 4.72. The van der Waals surface area contributed by atoms with Gasteiger partial charge in [-0.3, -0.25) is 4.90 Å². The number of furan rings is 1. The molecule has 2 aliphatic heterocycles. The molecule has 0 radical (unpaired) electrons. The van der Waals surface area contributed by atoms with Crippen LogP contribution in [0.3, 0.4) is 0 Å². The number of morpholine rings is 1. The summed E-state index contributed by atoms with van der Waals surface area (Å²) in [4.78, 5) is 13.8. The first-order valence-corrected chi connectivity index (χ1v) is 9.20. The minimum Gasteiger partial charge on any atom is -0.472 e. The molecular formula is C19H26N4O2. The number of anilines is 1. The normalized spacial score (nSPS) is 20.9. The Morgan fingerprint density at radius 1 is 1.12 bits per heavy atom. The second kappa shape index (κ2) is 7.14. The molecule has 4 heterocycles. The lowest BCUT2D eigenvalue weighted by atomic mass is 9.89. The summed E-state index contributed by atoms with van der Waals surface area (Å²) in [6.07, 6.45) is 10.5. The van der Waals surface area contributed by atoms with Crippen molar-refractivity contribution < 1.29 is 9.15 Å². The van der Waals surface area contributed by atoms with E-state index >= 15 is 0 Å². The first kappa shape index (κ1) is 16.5. The predicted molar refractivity (Wildman–Crippen MR) is 95.5 cm³/mol. The number of ether oxygens (including phenoxy) is 1. The first-order valence-electron chi connectivity index (χ1n) is 9.20. The Morgan fingerprint density at radius 3 is 2.60 bits per heavy atom. The van der Waals surface area contributed by atoms with Gasteiger partial charge in [-0.1, -0.05) is 6.92 Å². The van der Waals surface area contributed by atoms with Crippen LogP contribution in [0.4, 0.5) is 5.95 Å². The molecule has 134 valence electrons. The SMILES string of the molecule is CCc1cnc(N2CCC3(CC2)CN(Cc2ccoc2)CCO3)nc1. The van der Waals surface area contributed by atoms with Crippen LogP contribution in [0.5, 0.6) is 0 Å². The van der Waals surface area contributed by atoms with E-state index in [9.17, 15) is 0 Å². The minimum atomic E-state index is -0.0259. The zero-order valence-electron chi connectivity index (χ0n) is 14.9. The van der Waals surface area contributed by atoms with Crippen molar-refractivity contribution in [2.24, 2.45) is 0 Å². The van der Waals surface area contributed by atoms with E-state index in [0.717, 1.165) is 64.5 Å². The van der Waals surface area contributed by atoms with Crippen molar-refractivity contribution in [3.8, 4) is 0 Å². The molecule has 0 aliphatic carbocycles. The molecule has 6 heteroatoms. The maximum Gasteiger partial charge on any atom is 0.225 e. The Labute approximate surface area is 148 Å². The van der Waals surface area contributed by atoms with E-state index in [1.54, 1.807) is 6.26 Å². The van der Waals surface area contributed by atoms with Gasteiger partial charge in [0.25, 0.3) is 0 Å². The molecular weight excluding hydrogens is 316 g/mol. The Hall–Kier alpha value is -1.92. The zero-order chi connectivity index (χ0) is 17.1. The van der Waals surface area contributed by atoms with Gasteiger partial charge >= 0.3 is 0 Å². The summed E-state index contributed by atoms with van der Waals surface area (Å²) in [7, 11) is 0. The van der Waals surface area contributed by atoms with E-state index in [1.165, 1.54) is 11.1 Å². The Balaban J connectivity index is 1.36. The molecule has 0 bridgehead atoms. The maximum atomic E-state index is 6.24. The molecule has 2 aromatic rings. The highest BCUT2D eigenvalue weighted by Crippen LogP contribution is 2.31. The monoisotopic (exact) mass is 342 g/mol. The number of piperidine rings is 1. The molecule has 25 heavy (non-hydrogen) atoms. The number of rotatable bonds is 4. The summed E-state index contributed by atoms with van der Waals surface area (Å²) in [5.41, 5.74) is 2.39. The van der Waals surface area contributed by atoms with Gasteiger partial charge < -0.3 is 14.1 Å². The van der Waals surface area contributed by atoms with Gasteiger partial charge in [0.15, 0.2) is 0 Å². The van der Waals surface area contributed by atoms with Crippen LogP contribution >= 0.6 is 0 Å². The largest absolute Gasteiger partial charge is 0.472 e. The van der Waals surface area contributed by atoms with Crippen LogP contribution in [0, 0.1) is 0 Å². The van der Waals surface area contributed by atoms with Crippen LogP contribution in [0.1, 0.15) is 30.9 Å². The van der Waals surface area contributed by atoms with Crippen LogP contribution in [-0.2, 0) is 17.7 Å². The fourth-order valence-corrected chi connectivity index (χ4v) is 3.81. The van der Waals surface area contributed by atoms with Gasteiger partial charge in [0.05, 0.1) is 24.7 Å². The minimum absolute atomic E-state index is 0.0259. The highest BCUT2D eigenvalue weighted by atomic mass is 16.5. The lowest BCUT2D eigenvalue weighted by Gasteiger charge is -2.47. The molecule has 4 rings (SSSR count). The average Bonchev–Trinajstić information content (AvgIpc) is 3.16. The van der Waals surface area contributed by atoms with Crippen molar-refractivity contribution >= 4 is 5.95 Å². The van der Waals surface area contributed by atoms with Gasteiger partial charge in [-0.25, -0.2) is 9.97 Å². The second-order valence-electron chi connectivity index (χ2n) is 7.11. The van der Waals surface area contributed by atoms with Crippen molar-refractivity contribution in [2.45, 2.75) is 38.3 Å². The Morgan fingerprint density at radius 2 is 1.92 bits per heavy atom. The van der Waals surface area contributed by atoms with Crippen LogP contribution in [0.25, 0.3) is 0 Å². The van der Waals surface area contributed by atoms with Gasteiger partial charge in [-0.05, 0) is 30.9 Å². The summed E-state index contributed by atoms with van der Waals surface area (Å²) in [5, 5.41) is 0. The molecule has 6 nitrogen and oxygen atoms in total. The quantitative estimate of drug-likeness (QED) is 0.851. The summed E-state index contributed by atoms with van der Waals surface area (Å²) in [5.74, 6) is 0.845. The third-order valence-electron chi connectivity index (χ3n) is 5.37. The molecule has 0 unspecified atom stereocenters. The molecule has 0 atom stereocenters. The number of hydrogen-bond acceptors (Lipinski definition) is 6. The van der Waals surface area contributed by atoms with Crippen LogP contribution < -0.4 is 4.90 Å². The van der Waals surface area contributed by atoms with Crippen molar-refractivity contribution in [1.29, 1.82) is 0 Å². The van der Waals surface area contributed by atoms with E-state index in [1.807, 2.05) is 24.7 Å². The first-order chi connectivity index (χ1) is 12.3. The van der Waals surface area contributed by atoms with Crippen LogP contribution in [0.15, 0.2) is 35.4 Å². The highest BCUT2D eigenvalue weighted by Gasteiger charge is 2.40. The lowest BCUT2D eigenvalue weighted by Crippen LogP contribution is -2.56. The fraction of sp³-hybridized carbons (Fsp3) is 0.579. The number of hydrogen-bond donors (Lipinski definition) is 0. The van der Waals surface area contributed by atoms with Gasteiger partial charge in [-0.15, -0.1) is 0 Å². The second-order valence-corrected chi connectivity index (χ2v) is 7.11. The molecule has 2 aromatic heterocycles. The van der Waals surface area contributed by atoms with E-state index in [4.69, 9.17) is 9.15 Å².